The molecule has 0 spiro atoms. The Labute approximate surface area is 184 Å². The highest BCUT2D eigenvalue weighted by molar-refractivity contribution is 8.14. The highest BCUT2D eigenvalue weighted by atomic mass is 32.2. The molecule has 0 aliphatic carbocycles. The van der Waals surface area contributed by atoms with Crippen molar-refractivity contribution in [2.24, 2.45) is 4.99 Å². The van der Waals surface area contributed by atoms with E-state index in [0.29, 0.717) is 35.9 Å². The zero-order valence-electron chi connectivity index (χ0n) is 16.9. The first-order valence-corrected chi connectivity index (χ1v) is 10.5. The first-order chi connectivity index (χ1) is 14.9. The highest BCUT2D eigenvalue weighted by Crippen LogP contribution is 2.38. The molecule has 32 heavy (non-hydrogen) atoms. The van der Waals surface area contributed by atoms with Crippen LogP contribution in [0.2, 0.25) is 0 Å². The van der Waals surface area contributed by atoms with E-state index >= 15 is 0 Å². The Bertz CT molecular complexity index is 1000. The third-order valence-corrected chi connectivity index (χ3v) is 5.73. The van der Waals surface area contributed by atoms with Crippen molar-refractivity contribution in [1.82, 2.24) is 4.90 Å². The molecular weight excluding hydrogens is 458 g/mol. The molecule has 0 saturated carbocycles. The molecular formula is C21H18F6N2O2S. The van der Waals surface area contributed by atoms with Crippen LogP contribution in [0.3, 0.4) is 0 Å². The number of hydrogen-bond donors (Lipinski definition) is 0. The molecule has 2 aromatic carbocycles. The Morgan fingerprint density at radius 1 is 1.09 bits per heavy atom. The summed E-state index contributed by atoms with van der Waals surface area (Å²) in [5.41, 5.74) is -3.42. The maximum atomic E-state index is 13.2. The molecule has 1 aliphatic heterocycles. The fourth-order valence-electron chi connectivity index (χ4n) is 3.05. The number of amidine groups is 1. The minimum absolute atomic E-state index is 0.00766. The number of amides is 1. The van der Waals surface area contributed by atoms with Gasteiger partial charge >= 0.3 is 12.4 Å². The molecule has 11 heteroatoms. The summed E-state index contributed by atoms with van der Waals surface area (Å²) in [5, 5.41) is 0.167. The van der Waals surface area contributed by atoms with Crippen LogP contribution in [-0.2, 0) is 12.4 Å². The fraction of sp³-hybridized carbons (Fsp3) is 0.333. The number of benzene rings is 2. The van der Waals surface area contributed by atoms with Gasteiger partial charge in [0.2, 0.25) is 0 Å². The summed E-state index contributed by atoms with van der Waals surface area (Å²) in [7, 11) is 0. The Morgan fingerprint density at radius 2 is 1.69 bits per heavy atom. The largest absolute Gasteiger partial charge is 0.492 e. The Morgan fingerprint density at radius 3 is 2.25 bits per heavy atom. The molecule has 1 fully saturated rings. The molecule has 3 rings (SSSR count). The van der Waals surface area contributed by atoms with Gasteiger partial charge in [-0.1, -0.05) is 23.9 Å². The first kappa shape index (κ1) is 24.0. The summed E-state index contributed by atoms with van der Waals surface area (Å²) in [6.07, 6.45) is -10.1. The van der Waals surface area contributed by atoms with E-state index in [4.69, 9.17) is 4.74 Å². The van der Waals surface area contributed by atoms with Crippen molar-refractivity contribution >= 4 is 28.5 Å². The van der Waals surface area contributed by atoms with Gasteiger partial charge in [-0.2, -0.15) is 26.3 Å². The number of rotatable bonds is 4. The van der Waals surface area contributed by atoms with Crippen molar-refractivity contribution in [3.63, 3.8) is 0 Å². The van der Waals surface area contributed by atoms with E-state index in [2.05, 4.69) is 4.99 Å². The molecule has 0 radical (unpaired) electrons. The van der Waals surface area contributed by atoms with E-state index in [1.165, 1.54) is 11.8 Å². The van der Waals surface area contributed by atoms with Gasteiger partial charge in [0.05, 0.1) is 17.7 Å². The molecule has 0 unspecified atom stereocenters. The second-order valence-corrected chi connectivity index (χ2v) is 7.91. The van der Waals surface area contributed by atoms with Crippen LogP contribution in [-0.4, -0.2) is 34.4 Å². The van der Waals surface area contributed by atoms with E-state index in [0.717, 1.165) is 4.90 Å². The van der Waals surface area contributed by atoms with Crippen molar-refractivity contribution < 1.29 is 35.9 Å². The number of alkyl halides is 6. The van der Waals surface area contributed by atoms with Gasteiger partial charge < -0.3 is 4.74 Å². The van der Waals surface area contributed by atoms with Gasteiger partial charge in [-0.15, -0.1) is 0 Å². The number of hydrogen-bond acceptors (Lipinski definition) is 4. The van der Waals surface area contributed by atoms with Crippen LogP contribution in [0.5, 0.6) is 5.75 Å². The molecule has 0 N–H and O–H groups in total. The van der Waals surface area contributed by atoms with Crippen LogP contribution in [0.15, 0.2) is 47.5 Å². The zero-order chi connectivity index (χ0) is 23.7. The first-order valence-electron chi connectivity index (χ1n) is 9.48. The summed E-state index contributed by atoms with van der Waals surface area (Å²) in [5.74, 6) is -0.174. The van der Waals surface area contributed by atoms with Gasteiger partial charge in [0.15, 0.2) is 5.17 Å². The zero-order valence-corrected chi connectivity index (χ0v) is 17.7. The van der Waals surface area contributed by atoms with Crippen molar-refractivity contribution in [3.05, 3.63) is 59.2 Å². The van der Waals surface area contributed by atoms with Crippen LogP contribution >= 0.6 is 11.8 Å². The maximum Gasteiger partial charge on any atom is 0.416 e. The number of para-hydroxylation sites is 2. The molecule has 2 aromatic rings. The number of carbonyl (C=O) groups is 1. The van der Waals surface area contributed by atoms with Gasteiger partial charge in [-0.3, -0.25) is 9.69 Å². The van der Waals surface area contributed by atoms with Gasteiger partial charge in [-0.25, -0.2) is 4.99 Å². The van der Waals surface area contributed by atoms with E-state index in [9.17, 15) is 31.1 Å². The minimum Gasteiger partial charge on any atom is -0.492 e. The SMILES string of the molecule is CCOc1ccccc1N=C1SC[C@H](C)N1C(=O)c1cc(C(F)(F)F)cc(C(F)(F)F)c1. The van der Waals surface area contributed by atoms with E-state index in [-0.39, 0.29) is 11.2 Å². The van der Waals surface area contributed by atoms with Gasteiger partial charge in [-0.05, 0) is 44.2 Å². The van der Waals surface area contributed by atoms with Crippen molar-refractivity contribution in [3.8, 4) is 5.75 Å². The van der Waals surface area contributed by atoms with E-state index < -0.39 is 41.0 Å². The van der Waals surface area contributed by atoms with Crippen LogP contribution in [0.1, 0.15) is 35.3 Å². The lowest BCUT2D eigenvalue weighted by molar-refractivity contribution is -0.143. The third-order valence-electron chi connectivity index (χ3n) is 4.54. The lowest BCUT2D eigenvalue weighted by atomic mass is 10.0. The third kappa shape index (κ3) is 5.20. The number of nitrogens with zero attached hydrogens (tertiary/aromatic N) is 2. The minimum atomic E-state index is -5.05. The topological polar surface area (TPSA) is 41.9 Å². The molecule has 1 saturated heterocycles. The summed E-state index contributed by atoms with van der Waals surface area (Å²) < 4.78 is 84.7. The monoisotopic (exact) mass is 476 g/mol. The summed E-state index contributed by atoms with van der Waals surface area (Å²) in [6, 6.07) is 7.08. The second-order valence-electron chi connectivity index (χ2n) is 6.92. The van der Waals surface area contributed by atoms with Crippen molar-refractivity contribution in [2.75, 3.05) is 12.4 Å². The Kier molecular flexibility index (Phi) is 6.77. The lowest BCUT2D eigenvalue weighted by Gasteiger charge is -2.22. The summed E-state index contributed by atoms with van der Waals surface area (Å²) in [6.45, 7) is 3.77. The molecule has 1 atom stereocenters. The smallest absolute Gasteiger partial charge is 0.416 e. The van der Waals surface area contributed by atoms with Crippen LogP contribution in [0.4, 0.5) is 32.0 Å². The normalized spacial score (nSPS) is 18.3. The Balaban J connectivity index is 2.06. The highest BCUT2D eigenvalue weighted by Gasteiger charge is 2.39. The predicted octanol–water partition coefficient (Wildman–Crippen LogP) is 6.39. The number of carbonyl (C=O) groups excluding carboxylic acids is 1. The van der Waals surface area contributed by atoms with E-state index in [1.54, 1.807) is 38.1 Å². The second kappa shape index (κ2) is 9.05. The predicted molar refractivity (Wildman–Crippen MR) is 109 cm³/mol. The number of halogens is 6. The lowest BCUT2D eigenvalue weighted by Crippen LogP contribution is -2.38. The Hall–Kier alpha value is -2.69. The fourth-order valence-corrected chi connectivity index (χ4v) is 4.15. The van der Waals surface area contributed by atoms with Crippen molar-refractivity contribution in [2.45, 2.75) is 32.2 Å². The molecule has 0 bridgehead atoms. The summed E-state index contributed by atoms with van der Waals surface area (Å²) >= 11 is 1.18. The molecule has 1 amide bonds. The van der Waals surface area contributed by atoms with Gasteiger partial charge in [0.1, 0.15) is 11.4 Å². The average Bonchev–Trinajstić information content (AvgIpc) is 3.07. The molecule has 1 aliphatic rings. The number of thioether (sulfide) groups is 1. The van der Waals surface area contributed by atoms with Gasteiger partial charge in [0, 0.05) is 17.4 Å². The number of ether oxygens (including phenoxy) is 1. The average molecular weight is 476 g/mol. The maximum absolute atomic E-state index is 13.2. The van der Waals surface area contributed by atoms with Crippen molar-refractivity contribution in [1.29, 1.82) is 0 Å². The molecule has 172 valence electrons. The standard InChI is InChI=1S/C21H18F6N2O2S/c1-3-31-17-7-5-4-6-16(17)28-19-29(12(2)11-32-19)18(30)13-8-14(20(22,23)24)10-15(9-13)21(25,26)27/h4-10,12H,3,11H2,1-2H3/t12-/m0/s1. The van der Waals surface area contributed by atoms with Gasteiger partial charge in [0.25, 0.3) is 5.91 Å². The van der Waals surface area contributed by atoms with Crippen LogP contribution < -0.4 is 4.74 Å². The van der Waals surface area contributed by atoms with Crippen LogP contribution in [0, 0.1) is 0 Å². The summed E-state index contributed by atoms with van der Waals surface area (Å²) in [4.78, 5) is 18.6. The molecule has 1 heterocycles. The molecule has 4 nitrogen and oxygen atoms in total. The number of aliphatic imine (C=N–C) groups is 1. The van der Waals surface area contributed by atoms with Crippen LogP contribution in [0.25, 0.3) is 0 Å². The quantitative estimate of drug-likeness (QED) is 0.481. The van der Waals surface area contributed by atoms with E-state index in [1.807, 2.05) is 0 Å². The molecule has 0 aromatic heterocycles.